The van der Waals surface area contributed by atoms with Crippen molar-refractivity contribution >= 4 is 22.3 Å². The molecule has 7 aromatic rings. The molecule has 0 radical (unpaired) electrons. The van der Waals surface area contributed by atoms with Gasteiger partial charge in [0.2, 0.25) is 0 Å². The van der Waals surface area contributed by atoms with Crippen LogP contribution in [0.5, 0.6) is 0 Å². The molecule has 48 heavy (non-hydrogen) atoms. The fourth-order valence-electron chi connectivity index (χ4n) is 7.31. The Morgan fingerprint density at radius 3 is 0.958 bits per heavy atom. The van der Waals surface area contributed by atoms with E-state index in [1.54, 1.807) is 0 Å². The summed E-state index contributed by atoms with van der Waals surface area (Å²) < 4.78 is 0. The van der Waals surface area contributed by atoms with Gasteiger partial charge in [-0.1, -0.05) is 121 Å². The van der Waals surface area contributed by atoms with Crippen molar-refractivity contribution in [2.75, 3.05) is 0 Å². The number of nitrogens with one attached hydrogen (secondary N) is 4. The molecule has 0 spiro atoms. The zero-order valence-electron chi connectivity index (χ0n) is 26.4. The maximum atomic E-state index is 3.95. The molecule has 4 aromatic carbocycles. The van der Waals surface area contributed by atoms with Crippen molar-refractivity contribution in [3.8, 4) is 0 Å². The van der Waals surface area contributed by atoms with Gasteiger partial charge in [-0.25, -0.2) is 0 Å². The third-order valence-corrected chi connectivity index (χ3v) is 9.45. The largest absolute Gasteiger partial charge is 0.361 e. The molecule has 0 amide bonds. The lowest BCUT2D eigenvalue weighted by molar-refractivity contribution is 1.05. The molecule has 5 heterocycles. The number of allylic oxidation sites excluding steroid dienone is 2. The molecule has 0 atom stereocenters. The number of rotatable bonds is 4. The van der Waals surface area contributed by atoms with Crippen molar-refractivity contribution in [1.82, 2.24) is 20.3 Å². The number of aromatic nitrogens is 3. The highest BCUT2D eigenvalue weighted by molar-refractivity contribution is 5.87. The first-order valence-electron chi connectivity index (χ1n) is 16.6. The minimum atomic E-state index is 0.911. The first-order chi connectivity index (χ1) is 23.8. The van der Waals surface area contributed by atoms with Crippen molar-refractivity contribution in [3.63, 3.8) is 0 Å². The van der Waals surface area contributed by atoms with E-state index in [9.17, 15) is 0 Å². The van der Waals surface area contributed by atoms with E-state index in [2.05, 4.69) is 178 Å². The fourth-order valence-corrected chi connectivity index (χ4v) is 7.31. The van der Waals surface area contributed by atoms with E-state index in [1.165, 1.54) is 33.7 Å². The van der Waals surface area contributed by atoms with Crippen LogP contribution in [0.3, 0.4) is 0 Å². The molecule has 2 aliphatic heterocycles. The molecule has 9 rings (SSSR count). The Labute approximate surface area is 279 Å². The van der Waals surface area contributed by atoms with E-state index >= 15 is 0 Å². The molecule has 4 N–H and O–H groups in total. The second-order valence-corrected chi connectivity index (χ2v) is 12.4. The van der Waals surface area contributed by atoms with Crippen LogP contribution in [-0.4, -0.2) is 15.0 Å². The topological polar surface area (TPSA) is 59.4 Å². The predicted octanol–water partition coefficient (Wildman–Crippen LogP) is 8.08. The first-order valence-corrected chi connectivity index (χ1v) is 16.6. The van der Waals surface area contributed by atoms with Gasteiger partial charge in [0.25, 0.3) is 0 Å². The summed E-state index contributed by atoms with van der Waals surface area (Å²) in [6.07, 6.45) is 1.82. The van der Waals surface area contributed by atoms with Crippen molar-refractivity contribution in [1.29, 1.82) is 0 Å². The molecule has 1 fully saturated rings. The van der Waals surface area contributed by atoms with Gasteiger partial charge in [-0.15, -0.1) is 0 Å². The molecular weight excluding hydrogens is 585 g/mol. The molecule has 8 bridgehead atoms. The van der Waals surface area contributed by atoms with Crippen molar-refractivity contribution in [3.05, 3.63) is 225 Å². The SMILES string of the molecule is c1ccc(C2=C3CCC(=C(c4ccccc4)c4ccc([nH]4)C(c4ccccc4)=c4ccc([nH]4)=C(c4ccccc4)c4ccc2[nH]4)N3)cc1. The van der Waals surface area contributed by atoms with Crippen LogP contribution >= 0.6 is 0 Å². The zero-order chi connectivity index (χ0) is 31.9. The van der Waals surface area contributed by atoms with Crippen LogP contribution in [-0.2, 0) is 0 Å². The third kappa shape index (κ3) is 4.95. The molecule has 0 aliphatic carbocycles. The van der Waals surface area contributed by atoms with Crippen LogP contribution in [0.4, 0.5) is 0 Å². The van der Waals surface area contributed by atoms with Crippen LogP contribution < -0.4 is 16.0 Å². The summed E-state index contributed by atoms with van der Waals surface area (Å²) in [5.74, 6) is 0. The highest BCUT2D eigenvalue weighted by Crippen LogP contribution is 2.38. The Morgan fingerprint density at radius 1 is 0.292 bits per heavy atom. The summed E-state index contributed by atoms with van der Waals surface area (Å²) in [5.41, 5.74) is 16.1. The minimum Gasteiger partial charge on any atom is -0.361 e. The highest BCUT2D eigenvalue weighted by atomic mass is 14.9. The van der Waals surface area contributed by atoms with Gasteiger partial charge in [-0.05, 0) is 71.5 Å². The minimum absolute atomic E-state index is 0.911. The average molecular weight is 619 g/mol. The van der Waals surface area contributed by atoms with E-state index < -0.39 is 0 Å². The maximum Gasteiger partial charge on any atom is 0.0485 e. The predicted molar refractivity (Wildman–Crippen MR) is 195 cm³/mol. The Morgan fingerprint density at radius 2 is 0.604 bits per heavy atom. The maximum absolute atomic E-state index is 3.95. The lowest BCUT2D eigenvalue weighted by Crippen LogP contribution is -2.17. The van der Waals surface area contributed by atoms with Gasteiger partial charge in [0, 0.05) is 67.2 Å². The summed E-state index contributed by atoms with van der Waals surface area (Å²) in [6.45, 7) is 0. The quantitative estimate of drug-likeness (QED) is 0.158. The highest BCUT2D eigenvalue weighted by Gasteiger charge is 2.25. The Bertz CT molecular complexity index is 2270. The first kappa shape index (κ1) is 28.0. The average Bonchev–Trinajstić information content (AvgIpc) is 3.98. The Balaban J connectivity index is 1.40. The normalized spacial score (nSPS) is 14.4. The molecule has 4 nitrogen and oxygen atoms in total. The van der Waals surface area contributed by atoms with Gasteiger partial charge in [0.05, 0.1) is 0 Å². The lowest BCUT2D eigenvalue weighted by atomic mass is 9.99. The number of hydrogen-bond acceptors (Lipinski definition) is 1. The van der Waals surface area contributed by atoms with Crippen LogP contribution in [0, 0.1) is 0 Å². The number of fused-ring (bicyclic) bond motifs is 8. The van der Waals surface area contributed by atoms with Crippen molar-refractivity contribution in [2.24, 2.45) is 0 Å². The molecule has 0 saturated carbocycles. The molecule has 4 heteroatoms. The fraction of sp³-hybridized carbons (Fsp3) is 0.0455. The number of aromatic amines is 3. The monoisotopic (exact) mass is 618 g/mol. The molecule has 1 saturated heterocycles. The van der Waals surface area contributed by atoms with Gasteiger partial charge in [0.15, 0.2) is 0 Å². The summed E-state index contributed by atoms with van der Waals surface area (Å²) in [4.78, 5) is 11.6. The van der Waals surface area contributed by atoms with E-state index in [-0.39, 0.29) is 0 Å². The van der Waals surface area contributed by atoms with E-state index in [0.717, 1.165) is 68.6 Å². The number of H-pyrrole nitrogens is 3. The Kier molecular flexibility index (Phi) is 6.90. The summed E-state index contributed by atoms with van der Waals surface area (Å²) in [5, 5.41) is 6.06. The molecule has 230 valence electrons. The summed E-state index contributed by atoms with van der Waals surface area (Å²) >= 11 is 0. The van der Waals surface area contributed by atoms with Gasteiger partial charge < -0.3 is 20.3 Å². The standard InChI is InChI=1S/C44H34N4/c1-5-13-29(14-6-1)41-33-21-23-35(45-33)42(30-15-7-2-8-16-30)37-25-27-39(47-37)44(32-19-11-4-12-20-32)40-28-26-38(48-40)43(31-17-9-3-10-18-31)36-24-22-34(41)46-36/h1-25,27,45-48H,26,28H2. The molecule has 2 aliphatic rings. The van der Waals surface area contributed by atoms with Crippen molar-refractivity contribution in [2.45, 2.75) is 12.8 Å². The Hall–Kier alpha value is -6.26. The van der Waals surface area contributed by atoms with Crippen LogP contribution in [0.15, 0.2) is 169 Å². The third-order valence-electron chi connectivity index (χ3n) is 9.45. The van der Waals surface area contributed by atoms with E-state index in [0.29, 0.717) is 0 Å². The van der Waals surface area contributed by atoms with Crippen LogP contribution in [0.2, 0.25) is 0 Å². The van der Waals surface area contributed by atoms with Crippen LogP contribution in [0.25, 0.3) is 22.3 Å². The number of hydrogen-bond donors (Lipinski definition) is 4. The second kappa shape index (κ2) is 11.8. The second-order valence-electron chi connectivity index (χ2n) is 12.4. The van der Waals surface area contributed by atoms with Crippen LogP contribution in [0.1, 0.15) is 57.9 Å². The van der Waals surface area contributed by atoms with Gasteiger partial charge in [0.1, 0.15) is 0 Å². The molecular formula is C44H34N4. The van der Waals surface area contributed by atoms with Gasteiger partial charge >= 0.3 is 0 Å². The molecule has 3 aromatic heterocycles. The zero-order valence-corrected chi connectivity index (χ0v) is 26.4. The number of benzene rings is 4. The van der Waals surface area contributed by atoms with E-state index in [4.69, 9.17) is 0 Å². The summed E-state index contributed by atoms with van der Waals surface area (Å²) in [6, 6.07) is 56.1. The summed E-state index contributed by atoms with van der Waals surface area (Å²) in [7, 11) is 0. The van der Waals surface area contributed by atoms with Crippen molar-refractivity contribution < 1.29 is 0 Å². The smallest absolute Gasteiger partial charge is 0.0485 e. The van der Waals surface area contributed by atoms with Gasteiger partial charge in [-0.2, -0.15) is 0 Å². The molecule has 0 unspecified atom stereocenters. The van der Waals surface area contributed by atoms with Gasteiger partial charge in [-0.3, -0.25) is 0 Å². The lowest BCUT2D eigenvalue weighted by Gasteiger charge is -2.15. The van der Waals surface area contributed by atoms with E-state index in [1.807, 2.05) is 0 Å².